The van der Waals surface area contributed by atoms with E-state index >= 15 is 0 Å². The van der Waals surface area contributed by atoms with E-state index < -0.39 is 0 Å². The lowest BCUT2D eigenvalue weighted by Crippen LogP contribution is -2.30. The molecule has 1 aliphatic rings. The van der Waals surface area contributed by atoms with Crippen LogP contribution in [0.15, 0.2) is 0 Å². The first kappa shape index (κ1) is 11.7. The summed E-state index contributed by atoms with van der Waals surface area (Å²) in [6.07, 6.45) is 4.73. The number of hydrogen-bond acceptors (Lipinski definition) is 3. The maximum Gasteiger partial charge on any atom is 0.141 e. The minimum absolute atomic E-state index is 0.200. The smallest absolute Gasteiger partial charge is 0.141 e. The summed E-state index contributed by atoms with van der Waals surface area (Å²) in [6.45, 7) is 1.87. The molecular weight excluding hydrogens is 226 g/mol. The standard InChI is InChI=1S/C11H18ClN3O/c1-7-10(12)11(13)15(14-7)8-5-3-4-6-9(8)16-2/h8-9H,3-6,13H2,1-2H3. The minimum Gasteiger partial charge on any atom is -0.383 e. The van der Waals surface area contributed by atoms with Crippen LogP contribution in [-0.2, 0) is 4.74 Å². The van der Waals surface area contributed by atoms with E-state index in [2.05, 4.69) is 5.10 Å². The predicted octanol–water partition coefficient (Wildman–Crippen LogP) is 2.56. The fourth-order valence-corrected chi connectivity index (χ4v) is 2.55. The molecule has 0 amide bonds. The second-order valence-electron chi connectivity index (χ2n) is 4.36. The Labute approximate surface area is 101 Å². The molecule has 2 atom stereocenters. The lowest BCUT2D eigenvalue weighted by atomic mass is 9.92. The molecule has 1 fully saturated rings. The fourth-order valence-electron chi connectivity index (χ4n) is 2.43. The van der Waals surface area contributed by atoms with Gasteiger partial charge in [-0.2, -0.15) is 5.10 Å². The van der Waals surface area contributed by atoms with Crippen molar-refractivity contribution in [1.82, 2.24) is 9.78 Å². The summed E-state index contributed by atoms with van der Waals surface area (Å²) in [4.78, 5) is 0. The van der Waals surface area contributed by atoms with E-state index in [1.807, 2.05) is 11.6 Å². The Bertz CT molecular complexity index is 378. The van der Waals surface area contributed by atoms with E-state index in [-0.39, 0.29) is 12.1 Å². The third-order valence-electron chi connectivity index (χ3n) is 3.33. The van der Waals surface area contributed by atoms with Crippen molar-refractivity contribution in [2.45, 2.75) is 44.8 Å². The molecule has 0 aromatic carbocycles. The van der Waals surface area contributed by atoms with Gasteiger partial charge in [0.15, 0.2) is 0 Å². The van der Waals surface area contributed by atoms with Crippen LogP contribution in [-0.4, -0.2) is 23.0 Å². The molecule has 2 N–H and O–H groups in total. The van der Waals surface area contributed by atoms with Crippen molar-refractivity contribution in [2.75, 3.05) is 12.8 Å². The third kappa shape index (κ3) is 1.92. The number of aryl methyl sites for hydroxylation is 1. The minimum atomic E-state index is 0.200. The molecule has 0 saturated heterocycles. The van der Waals surface area contributed by atoms with Gasteiger partial charge < -0.3 is 10.5 Å². The van der Waals surface area contributed by atoms with E-state index in [0.717, 1.165) is 18.5 Å². The molecule has 0 radical (unpaired) electrons. The average molecular weight is 244 g/mol. The summed E-state index contributed by atoms with van der Waals surface area (Å²) in [7, 11) is 1.75. The normalized spacial score (nSPS) is 25.9. The summed E-state index contributed by atoms with van der Waals surface area (Å²) in [6, 6.07) is 0.227. The molecular formula is C11H18ClN3O. The van der Waals surface area contributed by atoms with Crippen LogP contribution in [0, 0.1) is 6.92 Å². The van der Waals surface area contributed by atoms with Crippen LogP contribution < -0.4 is 5.73 Å². The molecule has 16 heavy (non-hydrogen) atoms. The van der Waals surface area contributed by atoms with Gasteiger partial charge in [-0.15, -0.1) is 0 Å². The zero-order chi connectivity index (χ0) is 11.7. The van der Waals surface area contributed by atoms with Crippen molar-refractivity contribution in [2.24, 2.45) is 0 Å². The molecule has 5 heteroatoms. The van der Waals surface area contributed by atoms with Crippen LogP contribution in [0.1, 0.15) is 37.4 Å². The van der Waals surface area contributed by atoms with Crippen LogP contribution in [0.5, 0.6) is 0 Å². The van der Waals surface area contributed by atoms with Crippen LogP contribution in [0.25, 0.3) is 0 Å². The van der Waals surface area contributed by atoms with Gasteiger partial charge >= 0.3 is 0 Å². The topological polar surface area (TPSA) is 53.1 Å². The number of aromatic nitrogens is 2. The highest BCUT2D eigenvalue weighted by Crippen LogP contribution is 2.34. The van der Waals surface area contributed by atoms with E-state index in [1.165, 1.54) is 12.8 Å². The molecule has 90 valence electrons. The van der Waals surface area contributed by atoms with Crippen molar-refractivity contribution < 1.29 is 4.74 Å². The molecule has 2 unspecified atom stereocenters. The molecule has 1 saturated carbocycles. The highest BCUT2D eigenvalue weighted by atomic mass is 35.5. The van der Waals surface area contributed by atoms with Gasteiger partial charge in [-0.05, 0) is 19.8 Å². The molecule has 4 nitrogen and oxygen atoms in total. The van der Waals surface area contributed by atoms with Gasteiger partial charge in [0, 0.05) is 7.11 Å². The molecule has 0 bridgehead atoms. The van der Waals surface area contributed by atoms with Crippen LogP contribution in [0.3, 0.4) is 0 Å². The molecule has 1 aromatic rings. The summed E-state index contributed by atoms with van der Waals surface area (Å²) < 4.78 is 7.34. The van der Waals surface area contributed by atoms with Gasteiger partial charge in [0.1, 0.15) is 10.8 Å². The first-order chi connectivity index (χ1) is 7.65. The zero-order valence-electron chi connectivity index (χ0n) is 9.74. The average Bonchev–Trinajstić information content (AvgIpc) is 2.57. The molecule has 1 aliphatic carbocycles. The van der Waals surface area contributed by atoms with Gasteiger partial charge in [0.2, 0.25) is 0 Å². The third-order valence-corrected chi connectivity index (χ3v) is 3.80. The Hall–Kier alpha value is -0.740. The highest BCUT2D eigenvalue weighted by Gasteiger charge is 2.29. The lowest BCUT2D eigenvalue weighted by molar-refractivity contribution is 0.0253. The summed E-state index contributed by atoms with van der Waals surface area (Å²) in [5.41, 5.74) is 6.76. The Morgan fingerprint density at radius 3 is 2.69 bits per heavy atom. The summed E-state index contributed by atoms with van der Waals surface area (Å²) in [5, 5.41) is 4.98. The number of hydrogen-bond donors (Lipinski definition) is 1. The number of anilines is 1. The van der Waals surface area contributed by atoms with Gasteiger partial charge in [-0.1, -0.05) is 24.4 Å². The number of nitrogens with two attached hydrogens (primary N) is 1. The second kappa shape index (κ2) is 4.63. The van der Waals surface area contributed by atoms with Crippen molar-refractivity contribution in [3.63, 3.8) is 0 Å². The Kier molecular flexibility index (Phi) is 3.40. The number of rotatable bonds is 2. The first-order valence-electron chi connectivity index (χ1n) is 5.68. The predicted molar refractivity (Wildman–Crippen MR) is 64.7 cm³/mol. The second-order valence-corrected chi connectivity index (χ2v) is 4.73. The van der Waals surface area contributed by atoms with Gasteiger partial charge in [0.05, 0.1) is 17.8 Å². The Morgan fingerprint density at radius 2 is 2.12 bits per heavy atom. The summed E-state index contributed by atoms with van der Waals surface area (Å²) in [5.74, 6) is 0.563. The highest BCUT2D eigenvalue weighted by molar-refractivity contribution is 6.33. The van der Waals surface area contributed by atoms with Gasteiger partial charge in [-0.3, -0.25) is 0 Å². The quantitative estimate of drug-likeness (QED) is 0.869. The maximum atomic E-state index is 6.06. The van der Waals surface area contributed by atoms with E-state index in [0.29, 0.717) is 10.8 Å². The van der Waals surface area contributed by atoms with Gasteiger partial charge in [-0.25, -0.2) is 4.68 Å². The van der Waals surface area contributed by atoms with Crippen molar-refractivity contribution in [3.05, 3.63) is 10.7 Å². The Balaban J connectivity index is 2.30. The van der Waals surface area contributed by atoms with Crippen LogP contribution in [0.2, 0.25) is 5.02 Å². The molecule has 1 aromatic heterocycles. The number of ether oxygens (including phenoxy) is 1. The largest absolute Gasteiger partial charge is 0.383 e. The number of nitrogens with zero attached hydrogens (tertiary/aromatic N) is 2. The maximum absolute atomic E-state index is 6.06. The number of halogens is 1. The Morgan fingerprint density at radius 1 is 1.44 bits per heavy atom. The molecule has 0 aliphatic heterocycles. The molecule has 2 rings (SSSR count). The van der Waals surface area contributed by atoms with E-state index in [1.54, 1.807) is 7.11 Å². The monoisotopic (exact) mass is 243 g/mol. The molecule has 0 spiro atoms. The van der Waals surface area contributed by atoms with E-state index in [9.17, 15) is 0 Å². The zero-order valence-corrected chi connectivity index (χ0v) is 10.5. The van der Waals surface area contributed by atoms with Gasteiger partial charge in [0.25, 0.3) is 0 Å². The fraction of sp³-hybridized carbons (Fsp3) is 0.727. The lowest BCUT2D eigenvalue weighted by Gasteiger charge is -2.31. The van der Waals surface area contributed by atoms with Crippen LogP contribution >= 0.6 is 11.6 Å². The van der Waals surface area contributed by atoms with E-state index in [4.69, 9.17) is 22.1 Å². The molecule has 1 heterocycles. The number of nitrogen functional groups attached to an aromatic ring is 1. The van der Waals surface area contributed by atoms with Crippen molar-refractivity contribution in [1.29, 1.82) is 0 Å². The SMILES string of the molecule is COC1CCCCC1n1nc(C)c(Cl)c1N. The number of methoxy groups -OCH3 is 1. The van der Waals surface area contributed by atoms with Crippen molar-refractivity contribution in [3.8, 4) is 0 Å². The van der Waals surface area contributed by atoms with Crippen LogP contribution in [0.4, 0.5) is 5.82 Å². The van der Waals surface area contributed by atoms with Crippen molar-refractivity contribution >= 4 is 17.4 Å². The summed E-state index contributed by atoms with van der Waals surface area (Å²) >= 11 is 6.06. The first-order valence-corrected chi connectivity index (χ1v) is 6.05.